The molecule has 1 heterocycles. The zero-order valence-corrected chi connectivity index (χ0v) is 7.29. The molecule has 0 spiro atoms. The Hall–Kier alpha value is -0.260. The summed E-state index contributed by atoms with van der Waals surface area (Å²) in [5, 5.41) is 8.35. The van der Waals surface area contributed by atoms with Gasteiger partial charge in [-0.2, -0.15) is 0 Å². The minimum absolute atomic E-state index is 0.194. The van der Waals surface area contributed by atoms with Crippen LogP contribution in [-0.4, -0.2) is 37.1 Å². The summed E-state index contributed by atoms with van der Waals surface area (Å²) in [5.74, 6) is 0. The molecule has 0 aromatic rings. The van der Waals surface area contributed by atoms with Gasteiger partial charge < -0.3 is 14.6 Å². The van der Waals surface area contributed by atoms with E-state index >= 15 is 0 Å². The number of hydrogen-bond donors (Lipinski definition) is 1. The topological polar surface area (TPSA) is 38.7 Å². The first-order chi connectivity index (χ1) is 6.24. The molecule has 0 aliphatic carbocycles. The van der Waals surface area contributed by atoms with Crippen LogP contribution in [0.1, 0.15) is 19.3 Å². The number of hydrogen-bond acceptors (Lipinski definition) is 3. The van der Waals surface area contributed by atoms with Gasteiger partial charge >= 0.3 is 0 Å². The predicted molar refractivity (Wildman–Crippen MR) is 41.6 cm³/mol. The fourth-order valence-corrected chi connectivity index (χ4v) is 1.42. The summed E-state index contributed by atoms with van der Waals surface area (Å²) in [6, 6.07) is 0. The molecule has 13 heavy (non-hydrogen) atoms. The van der Waals surface area contributed by atoms with Gasteiger partial charge in [-0.3, -0.25) is 0 Å². The van der Waals surface area contributed by atoms with E-state index in [1.54, 1.807) is 0 Å². The Kier molecular flexibility index (Phi) is 4.55. The second-order valence-electron chi connectivity index (χ2n) is 3.06. The molecule has 2 atom stereocenters. The first-order valence-electron chi connectivity index (χ1n) is 4.36. The first kappa shape index (κ1) is 10.8. The fraction of sp³-hybridized carbons (Fsp3) is 1.00. The van der Waals surface area contributed by atoms with E-state index in [-0.39, 0.29) is 19.5 Å². The average molecular weight is 196 g/mol. The van der Waals surface area contributed by atoms with E-state index in [0.717, 1.165) is 12.8 Å². The fourth-order valence-electron chi connectivity index (χ4n) is 1.42. The van der Waals surface area contributed by atoms with Crippen molar-refractivity contribution < 1.29 is 23.4 Å². The molecule has 0 saturated carbocycles. The molecule has 1 aliphatic rings. The van der Waals surface area contributed by atoms with Crippen molar-refractivity contribution in [2.45, 2.75) is 37.9 Å². The highest BCUT2D eigenvalue weighted by Gasteiger charge is 2.28. The van der Waals surface area contributed by atoms with Crippen LogP contribution in [0.15, 0.2) is 0 Å². The van der Waals surface area contributed by atoms with E-state index in [9.17, 15) is 8.78 Å². The molecule has 0 radical (unpaired) electrons. The molecule has 2 unspecified atom stereocenters. The van der Waals surface area contributed by atoms with E-state index in [2.05, 4.69) is 4.74 Å². The number of halogens is 2. The normalized spacial score (nSPS) is 29.5. The minimum atomic E-state index is -2.42. The summed E-state index contributed by atoms with van der Waals surface area (Å²) in [7, 11) is 0. The molecular formula is C8H14F2O3. The third-order valence-electron chi connectivity index (χ3n) is 2.06. The van der Waals surface area contributed by atoms with Crippen LogP contribution in [0.5, 0.6) is 0 Å². The quantitative estimate of drug-likeness (QED) is 0.685. The highest BCUT2D eigenvalue weighted by Crippen LogP contribution is 2.23. The van der Waals surface area contributed by atoms with Crippen molar-refractivity contribution in [3.05, 3.63) is 0 Å². The molecule has 78 valence electrons. The largest absolute Gasteiger partial charge is 0.371 e. The molecule has 3 nitrogen and oxygen atoms in total. The Morgan fingerprint density at radius 1 is 1.46 bits per heavy atom. The molecule has 1 aliphatic heterocycles. The standard InChI is InChI=1S/C8H14F2O3/c9-8(10)7-3-1-2-6(13-7)4-12-5-11/h6-8,11H,1-5H2. The van der Waals surface area contributed by atoms with Gasteiger partial charge in [-0.15, -0.1) is 0 Å². The zero-order chi connectivity index (χ0) is 9.68. The molecule has 0 aromatic heterocycles. The Morgan fingerprint density at radius 2 is 2.23 bits per heavy atom. The van der Waals surface area contributed by atoms with Crippen LogP contribution in [0, 0.1) is 0 Å². The molecule has 0 amide bonds. The monoisotopic (exact) mass is 196 g/mol. The SMILES string of the molecule is OCOCC1CCCC(C(F)F)O1. The number of rotatable bonds is 4. The Balaban J connectivity index is 2.25. The van der Waals surface area contributed by atoms with Crippen LogP contribution in [0.25, 0.3) is 0 Å². The van der Waals surface area contributed by atoms with Crippen molar-refractivity contribution in [1.29, 1.82) is 0 Å². The molecular weight excluding hydrogens is 182 g/mol. The van der Waals surface area contributed by atoms with Crippen molar-refractivity contribution in [1.82, 2.24) is 0 Å². The van der Waals surface area contributed by atoms with Gasteiger partial charge in [-0.25, -0.2) is 8.78 Å². The molecule has 1 saturated heterocycles. The Bertz CT molecular complexity index is 143. The molecule has 0 bridgehead atoms. The maximum atomic E-state index is 12.2. The summed E-state index contributed by atoms with van der Waals surface area (Å²) in [6.45, 7) is -0.196. The summed E-state index contributed by atoms with van der Waals surface area (Å²) in [5.41, 5.74) is 0. The lowest BCUT2D eigenvalue weighted by Gasteiger charge is -2.29. The first-order valence-corrected chi connectivity index (χ1v) is 4.36. The van der Waals surface area contributed by atoms with E-state index in [1.165, 1.54) is 0 Å². The van der Waals surface area contributed by atoms with Crippen molar-refractivity contribution in [3.8, 4) is 0 Å². The molecule has 1 N–H and O–H groups in total. The second kappa shape index (κ2) is 5.47. The lowest BCUT2D eigenvalue weighted by molar-refractivity contribution is -0.147. The summed E-state index contributed by atoms with van der Waals surface area (Å²) >= 11 is 0. The van der Waals surface area contributed by atoms with Crippen LogP contribution < -0.4 is 0 Å². The molecule has 1 rings (SSSR count). The van der Waals surface area contributed by atoms with Gasteiger partial charge in [0.1, 0.15) is 12.9 Å². The van der Waals surface area contributed by atoms with Gasteiger partial charge in [0.05, 0.1) is 12.7 Å². The van der Waals surface area contributed by atoms with Crippen molar-refractivity contribution in [2.24, 2.45) is 0 Å². The zero-order valence-electron chi connectivity index (χ0n) is 7.29. The highest BCUT2D eigenvalue weighted by atomic mass is 19.3. The summed E-state index contributed by atoms with van der Waals surface area (Å²) < 4.78 is 34.2. The van der Waals surface area contributed by atoms with Crippen LogP contribution in [0.2, 0.25) is 0 Å². The highest BCUT2D eigenvalue weighted by molar-refractivity contribution is 4.72. The number of aliphatic hydroxyl groups excluding tert-OH is 1. The number of ether oxygens (including phenoxy) is 2. The lowest BCUT2D eigenvalue weighted by Crippen LogP contribution is -2.35. The Labute approximate surface area is 75.6 Å². The van der Waals surface area contributed by atoms with Gasteiger partial charge in [-0.05, 0) is 19.3 Å². The van der Waals surface area contributed by atoms with Gasteiger partial charge in [-0.1, -0.05) is 0 Å². The molecule has 5 heteroatoms. The van der Waals surface area contributed by atoms with Crippen molar-refractivity contribution in [3.63, 3.8) is 0 Å². The third kappa shape index (κ3) is 3.54. The van der Waals surface area contributed by atoms with E-state index in [1.807, 2.05) is 0 Å². The second-order valence-corrected chi connectivity index (χ2v) is 3.06. The van der Waals surface area contributed by atoms with Crippen LogP contribution >= 0.6 is 0 Å². The van der Waals surface area contributed by atoms with Gasteiger partial charge in [0.25, 0.3) is 6.43 Å². The van der Waals surface area contributed by atoms with Gasteiger partial charge in [0.15, 0.2) is 0 Å². The summed E-state index contributed by atoms with van der Waals surface area (Å²) in [6.07, 6.45) is -1.80. The van der Waals surface area contributed by atoms with E-state index in [4.69, 9.17) is 9.84 Å². The van der Waals surface area contributed by atoms with E-state index in [0.29, 0.717) is 6.42 Å². The smallest absolute Gasteiger partial charge is 0.264 e. The van der Waals surface area contributed by atoms with Crippen molar-refractivity contribution >= 4 is 0 Å². The number of aliphatic hydroxyl groups is 1. The van der Waals surface area contributed by atoms with Crippen LogP contribution in [-0.2, 0) is 9.47 Å². The Morgan fingerprint density at radius 3 is 2.85 bits per heavy atom. The van der Waals surface area contributed by atoms with Crippen molar-refractivity contribution in [2.75, 3.05) is 13.4 Å². The molecule has 1 fully saturated rings. The van der Waals surface area contributed by atoms with Gasteiger partial charge in [0, 0.05) is 0 Å². The van der Waals surface area contributed by atoms with Crippen LogP contribution in [0.4, 0.5) is 8.78 Å². The van der Waals surface area contributed by atoms with Gasteiger partial charge in [0.2, 0.25) is 0 Å². The third-order valence-corrected chi connectivity index (χ3v) is 2.06. The maximum absolute atomic E-state index is 12.2. The maximum Gasteiger partial charge on any atom is 0.264 e. The number of alkyl halides is 2. The van der Waals surface area contributed by atoms with E-state index < -0.39 is 12.5 Å². The average Bonchev–Trinajstić information content (AvgIpc) is 2.15. The van der Waals surface area contributed by atoms with Crippen LogP contribution in [0.3, 0.4) is 0 Å². The minimum Gasteiger partial charge on any atom is -0.371 e. The predicted octanol–water partition coefficient (Wildman–Crippen LogP) is 1.16. The lowest BCUT2D eigenvalue weighted by atomic mass is 10.0. The summed E-state index contributed by atoms with van der Waals surface area (Å²) in [4.78, 5) is 0. The molecule has 0 aromatic carbocycles.